The Morgan fingerprint density at radius 1 is 1.25 bits per heavy atom. The average Bonchev–Trinajstić information content (AvgIpc) is 3.51. The number of aromatic nitrogens is 5. The molecular weight excluding hydrogens is 480 g/mol. The van der Waals surface area contributed by atoms with Crippen LogP contribution in [0, 0.1) is 6.92 Å². The van der Waals surface area contributed by atoms with Crippen molar-refractivity contribution in [3.05, 3.63) is 42.1 Å². The molecule has 0 aromatic carbocycles. The molecule has 11 nitrogen and oxygen atoms in total. The molecule has 0 bridgehead atoms. The number of carbonyl (C=O) groups excluding carboxylic acids is 2. The first-order valence-corrected chi connectivity index (χ1v) is 12.3. The maximum atomic E-state index is 12.9. The molecule has 0 aliphatic carbocycles. The number of hydrogen-bond donors (Lipinski definition) is 2. The number of ether oxygens (including phenoxy) is 1. The van der Waals surface area contributed by atoms with E-state index in [0.717, 1.165) is 27.4 Å². The fraction of sp³-hybridized carbons (Fsp3) is 0.375. The fourth-order valence-corrected chi connectivity index (χ4v) is 5.57. The smallest absolute Gasteiger partial charge is 0.253 e. The second-order valence-corrected chi connectivity index (χ2v) is 10.5. The van der Waals surface area contributed by atoms with Crippen LogP contribution in [0.4, 0.5) is 5.69 Å². The van der Waals surface area contributed by atoms with Crippen molar-refractivity contribution in [1.82, 2.24) is 29.3 Å². The number of nitrogens with two attached hydrogens (primary N) is 1. The average molecular weight is 509 g/mol. The molecule has 0 spiro atoms. The summed E-state index contributed by atoms with van der Waals surface area (Å²) >= 11 is 1.41. The summed E-state index contributed by atoms with van der Waals surface area (Å²) in [6.45, 7) is 8.17. The van der Waals surface area contributed by atoms with E-state index in [9.17, 15) is 9.59 Å². The largest absolute Gasteiger partial charge is 0.378 e. The van der Waals surface area contributed by atoms with Crippen LogP contribution in [-0.2, 0) is 16.6 Å². The molecule has 3 N–H and O–H groups in total. The Morgan fingerprint density at radius 2 is 2.06 bits per heavy atom. The van der Waals surface area contributed by atoms with Gasteiger partial charge in [-0.05, 0) is 26.8 Å². The van der Waals surface area contributed by atoms with Gasteiger partial charge in [0.25, 0.3) is 5.91 Å². The van der Waals surface area contributed by atoms with E-state index < -0.39 is 5.91 Å². The fourth-order valence-electron chi connectivity index (χ4n) is 4.37. The van der Waals surface area contributed by atoms with Gasteiger partial charge in [0.1, 0.15) is 4.83 Å². The van der Waals surface area contributed by atoms with Gasteiger partial charge in [0.05, 0.1) is 60.2 Å². The monoisotopic (exact) mass is 508 g/mol. The van der Waals surface area contributed by atoms with E-state index in [0.29, 0.717) is 35.8 Å². The maximum Gasteiger partial charge on any atom is 0.253 e. The molecule has 1 saturated heterocycles. The summed E-state index contributed by atoms with van der Waals surface area (Å²) in [7, 11) is 1.84. The van der Waals surface area contributed by atoms with Crippen molar-refractivity contribution in [3.63, 3.8) is 0 Å². The lowest BCUT2D eigenvalue weighted by atomic mass is 10.0. The number of anilines is 1. The van der Waals surface area contributed by atoms with Crippen LogP contribution in [-0.4, -0.2) is 72.9 Å². The lowest BCUT2D eigenvalue weighted by Gasteiger charge is -2.41. The van der Waals surface area contributed by atoms with E-state index in [4.69, 9.17) is 10.5 Å². The maximum absolute atomic E-state index is 12.9. The van der Waals surface area contributed by atoms with E-state index in [2.05, 4.69) is 39.2 Å². The second kappa shape index (κ2) is 9.12. The van der Waals surface area contributed by atoms with Crippen LogP contribution in [0.5, 0.6) is 0 Å². The van der Waals surface area contributed by atoms with Crippen LogP contribution in [0.1, 0.15) is 29.9 Å². The van der Waals surface area contributed by atoms with Gasteiger partial charge in [-0.3, -0.25) is 24.2 Å². The van der Waals surface area contributed by atoms with Crippen LogP contribution < -0.4 is 11.1 Å². The first-order chi connectivity index (χ1) is 17.1. The van der Waals surface area contributed by atoms with Gasteiger partial charge in [-0.1, -0.05) is 0 Å². The van der Waals surface area contributed by atoms with Gasteiger partial charge in [-0.25, -0.2) is 4.52 Å². The highest BCUT2D eigenvalue weighted by Crippen LogP contribution is 2.41. The number of rotatable bonds is 6. The molecule has 0 radical (unpaired) electrons. The third-order valence-corrected chi connectivity index (χ3v) is 7.58. The Hall–Kier alpha value is -3.61. The zero-order valence-corrected chi connectivity index (χ0v) is 21.4. The minimum Gasteiger partial charge on any atom is -0.378 e. The van der Waals surface area contributed by atoms with E-state index in [1.54, 1.807) is 21.6 Å². The molecule has 2 amide bonds. The molecule has 12 heteroatoms. The van der Waals surface area contributed by atoms with E-state index in [-0.39, 0.29) is 18.0 Å². The number of morpholine rings is 1. The van der Waals surface area contributed by atoms with Crippen molar-refractivity contribution in [2.24, 2.45) is 12.8 Å². The van der Waals surface area contributed by atoms with Gasteiger partial charge < -0.3 is 15.8 Å². The number of hydrogen-bond acceptors (Lipinski definition) is 8. The van der Waals surface area contributed by atoms with Crippen LogP contribution in [0.15, 0.2) is 30.9 Å². The van der Waals surface area contributed by atoms with Crippen molar-refractivity contribution >= 4 is 33.7 Å². The molecule has 4 aromatic rings. The third kappa shape index (κ3) is 4.38. The molecule has 0 saturated carbocycles. The minimum absolute atomic E-state index is 0.125. The highest BCUT2D eigenvalue weighted by Gasteiger charge is 2.32. The van der Waals surface area contributed by atoms with Gasteiger partial charge in [0, 0.05) is 42.1 Å². The highest BCUT2D eigenvalue weighted by atomic mass is 32.1. The quantitative estimate of drug-likeness (QED) is 0.408. The second-order valence-electron chi connectivity index (χ2n) is 9.51. The molecule has 5 heterocycles. The Balaban J connectivity index is 1.53. The SMILES string of the molecule is Cc1ncc(NC(=O)CN2CCOCC2(C)C)cc1-c1c(-c2cnn(C)c2)sc2c(C(N)=O)cnn12. The summed E-state index contributed by atoms with van der Waals surface area (Å²) in [5, 5.41) is 11.8. The lowest BCUT2D eigenvalue weighted by molar-refractivity contribution is -0.122. The molecule has 1 fully saturated rings. The topological polar surface area (TPSA) is 133 Å². The van der Waals surface area contributed by atoms with E-state index in [1.165, 1.54) is 17.5 Å². The molecule has 188 valence electrons. The zero-order chi connectivity index (χ0) is 25.6. The Kier molecular flexibility index (Phi) is 6.10. The number of pyridine rings is 1. The van der Waals surface area contributed by atoms with Crippen molar-refractivity contribution in [1.29, 1.82) is 0 Å². The number of fused-ring (bicyclic) bond motifs is 1. The van der Waals surface area contributed by atoms with Gasteiger partial charge >= 0.3 is 0 Å². The predicted octanol–water partition coefficient (Wildman–Crippen LogP) is 2.31. The molecule has 5 rings (SSSR count). The van der Waals surface area contributed by atoms with Crippen LogP contribution in [0.25, 0.3) is 26.5 Å². The summed E-state index contributed by atoms with van der Waals surface area (Å²) in [5.74, 6) is -0.669. The number of carbonyl (C=O) groups is 2. The summed E-state index contributed by atoms with van der Waals surface area (Å²) in [6, 6.07) is 1.89. The number of nitrogens with zero attached hydrogens (tertiary/aromatic N) is 6. The molecular formula is C24H28N8O3S. The number of nitrogens with one attached hydrogen (secondary N) is 1. The summed E-state index contributed by atoms with van der Waals surface area (Å²) < 4.78 is 8.98. The van der Waals surface area contributed by atoms with Crippen LogP contribution in [0.3, 0.4) is 0 Å². The van der Waals surface area contributed by atoms with Crippen LogP contribution >= 0.6 is 11.3 Å². The zero-order valence-electron chi connectivity index (χ0n) is 20.6. The van der Waals surface area contributed by atoms with Gasteiger partial charge in [-0.2, -0.15) is 10.2 Å². The van der Waals surface area contributed by atoms with Gasteiger partial charge in [0.15, 0.2) is 0 Å². The van der Waals surface area contributed by atoms with Gasteiger partial charge in [0.2, 0.25) is 5.91 Å². The first kappa shape index (κ1) is 24.1. The summed E-state index contributed by atoms with van der Waals surface area (Å²) in [5.41, 5.74) is 9.47. The molecule has 0 unspecified atom stereocenters. The Morgan fingerprint density at radius 3 is 2.75 bits per heavy atom. The van der Waals surface area contributed by atoms with Crippen molar-refractivity contribution in [3.8, 4) is 21.7 Å². The predicted molar refractivity (Wildman–Crippen MR) is 137 cm³/mol. The van der Waals surface area contributed by atoms with E-state index in [1.807, 2.05) is 26.2 Å². The number of primary amides is 1. The summed E-state index contributed by atoms with van der Waals surface area (Å²) in [6.07, 6.45) is 6.78. The molecule has 4 aromatic heterocycles. The standard InChI is InChI=1S/C24H28N8O3S/c1-14-17(7-16(9-26-14)29-19(33)12-31-5-6-35-13-24(31,2)3)20-21(15-8-27-30(4)11-15)36-23-18(22(25)34)10-28-32(20)23/h7-11H,5-6,12-13H2,1-4H3,(H2,25,34)(H,29,33). The number of amides is 2. The molecule has 1 aliphatic rings. The minimum atomic E-state index is -0.544. The van der Waals surface area contributed by atoms with Crippen molar-refractivity contribution in [2.45, 2.75) is 26.3 Å². The number of aryl methyl sites for hydroxylation is 2. The number of thiazole rings is 1. The Bertz CT molecular complexity index is 1470. The first-order valence-electron chi connectivity index (χ1n) is 11.5. The summed E-state index contributed by atoms with van der Waals surface area (Å²) in [4.78, 5) is 33.1. The van der Waals surface area contributed by atoms with E-state index >= 15 is 0 Å². The highest BCUT2D eigenvalue weighted by molar-refractivity contribution is 7.21. The molecule has 0 atom stereocenters. The van der Waals surface area contributed by atoms with Crippen molar-refractivity contribution < 1.29 is 14.3 Å². The Labute approximate surface area is 211 Å². The van der Waals surface area contributed by atoms with Crippen LogP contribution in [0.2, 0.25) is 0 Å². The molecule has 1 aliphatic heterocycles. The van der Waals surface area contributed by atoms with Gasteiger partial charge in [-0.15, -0.1) is 11.3 Å². The molecule has 36 heavy (non-hydrogen) atoms. The normalized spacial score (nSPS) is 15.9. The van der Waals surface area contributed by atoms with Crippen molar-refractivity contribution in [2.75, 3.05) is 31.6 Å². The third-order valence-electron chi connectivity index (χ3n) is 6.36. The lowest BCUT2D eigenvalue weighted by Crippen LogP contribution is -2.55.